The predicted molar refractivity (Wildman–Crippen MR) is 78.0 cm³/mol. The zero-order valence-corrected chi connectivity index (χ0v) is 13.6. The molecule has 0 heterocycles. The highest BCUT2D eigenvalue weighted by Crippen LogP contribution is 2.41. The molecule has 0 fully saturated rings. The molecule has 3 heteroatoms. The van der Waals surface area contributed by atoms with Gasteiger partial charge in [0, 0.05) is 27.0 Å². The summed E-state index contributed by atoms with van der Waals surface area (Å²) in [5.74, 6) is 0.603. The van der Waals surface area contributed by atoms with Crippen molar-refractivity contribution < 1.29 is 9.26 Å². The monoisotopic (exact) mass is 262 g/mol. The van der Waals surface area contributed by atoms with Crippen molar-refractivity contribution in [2.45, 2.75) is 53.6 Å². The van der Waals surface area contributed by atoms with E-state index in [9.17, 15) is 0 Å². The maximum Gasteiger partial charge on any atom is 0.0539 e. The summed E-state index contributed by atoms with van der Waals surface area (Å²) in [5.41, 5.74) is 0.966. The lowest BCUT2D eigenvalue weighted by Gasteiger charge is -2.29. The first-order valence-corrected chi connectivity index (χ1v) is 8.50. The Morgan fingerprint density at radius 3 is 2.24 bits per heavy atom. The molecule has 3 atom stereocenters. The van der Waals surface area contributed by atoms with Gasteiger partial charge in [0.15, 0.2) is 0 Å². The molecule has 0 aliphatic carbocycles. The summed E-state index contributed by atoms with van der Waals surface area (Å²) in [5, 5.41) is 0. The number of ether oxygens (including phenoxy) is 1. The topological polar surface area (TPSA) is 18.5 Å². The summed E-state index contributed by atoms with van der Waals surface area (Å²) in [6.45, 7) is 18.2. The highest BCUT2D eigenvalue weighted by Gasteiger charge is 2.22. The molecular formula is C14H31O2P. The van der Waals surface area contributed by atoms with Crippen molar-refractivity contribution in [2.24, 2.45) is 11.3 Å². The van der Waals surface area contributed by atoms with Gasteiger partial charge in [0.25, 0.3) is 0 Å². The van der Waals surface area contributed by atoms with Crippen molar-refractivity contribution in [1.82, 2.24) is 0 Å². The molecule has 0 spiro atoms. The van der Waals surface area contributed by atoms with E-state index in [-0.39, 0.29) is 8.15 Å². The molecule has 0 bridgehead atoms. The van der Waals surface area contributed by atoms with Crippen LogP contribution in [0.5, 0.6) is 0 Å². The van der Waals surface area contributed by atoms with Crippen LogP contribution in [0.4, 0.5) is 0 Å². The molecule has 3 unspecified atom stereocenters. The molecule has 0 aromatic carbocycles. The third-order valence-electron chi connectivity index (χ3n) is 3.51. The van der Waals surface area contributed by atoms with Gasteiger partial charge >= 0.3 is 0 Å². The minimum Gasteiger partial charge on any atom is -0.382 e. The Kier molecular flexibility index (Phi) is 8.63. The minimum atomic E-state index is -0.318. The first-order valence-electron chi connectivity index (χ1n) is 6.72. The molecule has 0 aromatic heterocycles. The molecule has 0 saturated heterocycles. The quantitative estimate of drug-likeness (QED) is 0.473. The zero-order valence-electron chi connectivity index (χ0n) is 12.7. The van der Waals surface area contributed by atoms with Gasteiger partial charge in [0.2, 0.25) is 0 Å². The predicted octanol–water partition coefficient (Wildman–Crippen LogP) is 4.53. The van der Waals surface area contributed by atoms with Crippen LogP contribution in [0, 0.1) is 11.3 Å². The normalized spacial score (nSPS) is 17.8. The average Bonchev–Trinajstić information content (AvgIpc) is 2.24. The van der Waals surface area contributed by atoms with Crippen LogP contribution in [0.1, 0.15) is 48.0 Å². The third-order valence-corrected chi connectivity index (χ3v) is 5.57. The van der Waals surface area contributed by atoms with Gasteiger partial charge in [-0.15, -0.1) is 0 Å². The Labute approximate surface area is 109 Å². The molecule has 0 N–H and O–H groups in total. The molecule has 104 valence electrons. The average molecular weight is 262 g/mol. The van der Waals surface area contributed by atoms with E-state index in [1.807, 2.05) is 6.92 Å². The van der Waals surface area contributed by atoms with Gasteiger partial charge in [-0.25, -0.2) is 0 Å². The molecule has 17 heavy (non-hydrogen) atoms. The first kappa shape index (κ1) is 17.4. The van der Waals surface area contributed by atoms with Crippen LogP contribution in [-0.2, 0) is 9.26 Å². The van der Waals surface area contributed by atoms with E-state index >= 15 is 0 Å². The van der Waals surface area contributed by atoms with Gasteiger partial charge in [-0.05, 0) is 31.3 Å². The summed E-state index contributed by atoms with van der Waals surface area (Å²) in [4.78, 5) is 0. The maximum atomic E-state index is 6.03. The van der Waals surface area contributed by atoms with Crippen molar-refractivity contribution >= 4 is 8.15 Å². The lowest BCUT2D eigenvalue weighted by Crippen LogP contribution is -2.22. The summed E-state index contributed by atoms with van der Waals surface area (Å²) in [6, 6.07) is 0. The van der Waals surface area contributed by atoms with Crippen LogP contribution in [0.25, 0.3) is 0 Å². The van der Waals surface area contributed by atoms with Crippen molar-refractivity contribution in [1.29, 1.82) is 0 Å². The van der Waals surface area contributed by atoms with E-state index in [0.29, 0.717) is 17.0 Å². The fraction of sp³-hybridized carbons (Fsp3) is 1.00. The van der Waals surface area contributed by atoms with Crippen LogP contribution in [0.15, 0.2) is 0 Å². The van der Waals surface area contributed by atoms with E-state index in [1.54, 1.807) is 0 Å². The van der Waals surface area contributed by atoms with Gasteiger partial charge in [0.1, 0.15) is 0 Å². The largest absolute Gasteiger partial charge is 0.382 e. The minimum absolute atomic E-state index is 0.318. The molecule has 2 nitrogen and oxygen atoms in total. The van der Waals surface area contributed by atoms with Crippen LogP contribution < -0.4 is 0 Å². The smallest absolute Gasteiger partial charge is 0.0539 e. The molecule has 0 aliphatic heterocycles. The van der Waals surface area contributed by atoms with Crippen LogP contribution >= 0.6 is 8.15 Å². The Hall–Kier alpha value is 0.350. The Morgan fingerprint density at radius 2 is 1.76 bits per heavy atom. The first-order chi connectivity index (χ1) is 7.79. The Balaban J connectivity index is 3.81. The lowest BCUT2D eigenvalue weighted by molar-refractivity contribution is 0.142. The standard InChI is InChI=1S/C14H31O2P/c1-8-15-10-9-13(3)17(7)16-11-12(2)14(4,5)6/h12-13H,8-11H2,1-7H3. The second-order valence-corrected chi connectivity index (χ2v) is 8.18. The Morgan fingerprint density at radius 1 is 1.18 bits per heavy atom. The summed E-state index contributed by atoms with van der Waals surface area (Å²) in [6.07, 6.45) is 1.11. The molecule has 0 aliphatic rings. The summed E-state index contributed by atoms with van der Waals surface area (Å²) < 4.78 is 11.4. The lowest BCUT2D eigenvalue weighted by atomic mass is 9.83. The Bertz CT molecular complexity index is 189. The molecule has 0 amide bonds. The summed E-state index contributed by atoms with van der Waals surface area (Å²) in [7, 11) is -0.318. The van der Waals surface area contributed by atoms with Gasteiger partial charge in [0.05, 0.1) is 6.61 Å². The molecule has 0 rings (SSSR count). The van der Waals surface area contributed by atoms with Crippen LogP contribution in [0.3, 0.4) is 0 Å². The van der Waals surface area contributed by atoms with E-state index in [1.165, 1.54) is 0 Å². The van der Waals surface area contributed by atoms with Gasteiger partial charge in [-0.3, -0.25) is 0 Å². The fourth-order valence-corrected chi connectivity index (χ4v) is 2.37. The zero-order chi connectivity index (χ0) is 13.5. The van der Waals surface area contributed by atoms with Gasteiger partial charge in [-0.2, -0.15) is 0 Å². The summed E-state index contributed by atoms with van der Waals surface area (Å²) >= 11 is 0. The van der Waals surface area contributed by atoms with Gasteiger partial charge < -0.3 is 9.26 Å². The molecule has 0 aromatic rings. The van der Waals surface area contributed by atoms with Gasteiger partial charge in [-0.1, -0.05) is 34.6 Å². The van der Waals surface area contributed by atoms with Crippen molar-refractivity contribution in [3.63, 3.8) is 0 Å². The fourth-order valence-electron chi connectivity index (χ4n) is 1.19. The van der Waals surface area contributed by atoms with E-state index in [0.717, 1.165) is 26.2 Å². The van der Waals surface area contributed by atoms with Crippen LogP contribution in [0.2, 0.25) is 0 Å². The molecular weight excluding hydrogens is 231 g/mol. The van der Waals surface area contributed by atoms with Crippen molar-refractivity contribution in [2.75, 3.05) is 26.5 Å². The van der Waals surface area contributed by atoms with Crippen LogP contribution in [-0.4, -0.2) is 32.1 Å². The molecule has 0 saturated carbocycles. The number of hydrogen-bond donors (Lipinski definition) is 0. The second kappa shape index (κ2) is 8.45. The van der Waals surface area contributed by atoms with E-state index < -0.39 is 0 Å². The highest BCUT2D eigenvalue weighted by molar-refractivity contribution is 7.52. The number of hydrogen-bond acceptors (Lipinski definition) is 2. The highest BCUT2D eigenvalue weighted by atomic mass is 31.1. The second-order valence-electron chi connectivity index (χ2n) is 5.94. The molecule has 0 radical (unpaired) electrons. The number of rotatable bonds is 8. The third kappa shape index (κ3) is 8.13. The maximum absolute atomic E-state index is 6.03. The van der Waals surface area contributed by atoms with E-state index in [4.69, 9.17) is 9.26 Å². The van der Waals surface area contributed by atoms with E-state index in [2.05, 4.69) is 41.3 Å². The van der Waals surface area contributed by atoms with Crippen molar-refractivity contribution in [3.8, 4) is 0 Å². The van der Waals surface area contributed by atoms with Crippen molar-refractivity contribution in [3.05, 3.63) is 0 Å². The SMILES string of the molecule is CCOCCC(C)P(C)OCC(C)C(C)(C)C.